The van der Waals surface area contributed by atoms with Gasteiger partial charge in [0.25, 0.3) is 10.0 Å². The number of carbonyl (C=O) groups is 1. The topological polar surface area (TPSA) is 112 Å². The van der Waals surface area contributed by atoms with Crippen LogP contribution in [0.3, 0.4) is 0 Å². The van der Waals surface area contributed by atoms with Crippen molar-refractivity contribution in [3.63, 3.8) is 0 Å². The lowest BCUT2D eigenvalue weighted by molar-refractivity contribution is -0.148. The highest BCUT2D eigenvalue weighted by atomic mass is 35.5. The van der Waals surface area contributed by atoms with Gasteiger partial charge in [-0.3, -0.25) is 9.52 Å². The number of hydrogen-bond acceptors (Lipinski definition) is 6. The van der Waals surface area contributed by atoms with Crippen molar-refractivity contribution in [3.05, 3.63) is 65.2 Å². The third-order valence-corrected chi connectivity index (χ3v) is 8.93. The Morgan fingerprint density at radius 3 is 2.59 bits per heavy atom. The van der Waals surface area contributed by atoms with Gasteiger partial charge in [0.1, 0.15) is 11.6 Å². The van der Waals surface area contributed by atoms with Gasteiger partial charge in [0.05, 0.1) is 16.1 Å². The molecule has 37 heavy (non-hydrogen) atoms. The highest BCUT2D eigenvalue weighted by Gasteiger charge is 2.38. The molecule has 0 bridgehead atoms. The van der Waals surface area contributed by atoms with E-state index < -0.39 is 21.4 Å². The smallest absolute Gasteiger partial charge is 0.311 e. The second kappa shape index (κ2) is 9.95. The second-order valence-corrected chi connectivity index (χ2v) is 12.1. The molecule has 3 heterocycles. The van der Waals surface area contributed by atoms with Crippen molar-refractivity contribution in [2.75, 3.05) is 22.7 Å². The SMILES string of the molecule is C[C@@]1(C(=O)O)CCCN(c2cccc(S(=O)(=O)Nc3ccc(Cl)c(-c4ccccc4C4CCC4)n3)n2)C1. The Kier molecular flexibility index (Phi) is 6.85. The quantitative estimate of drug-likeness (QED) is 0.403. The number of rotatable bonds is 7. The molecule has 1 aromatic carbocycles. The van der Waals surface area contributed by atoms with Crippen LogP contribution in [-0.2, 0) is 14.8 Å². The maximum Gasteiger partial charge on any atom is 0.311 e. The van der Waals surface area contributed by atoms with Gasteiger partial charge in [0.15, 0.2) is 5.03 Å². The number of sulfonamides is 1. The molecule has 1 saturated carbocycles. The lowest BCUT2D eigenvalue weighted by Crippen LogP contribution is -2.46. The minimum absolute atomic E-state index is 0.145. The normalized spacial score (nSPS) is 20.3. The van der Waals surface area contributed by atoms with Crippen molar-refractivity contribution < 1.29 is 18.3 Å². The molecule has 5 rings (SSSR count). The first-order valence-electron chi connectivity index (χ1n) is 12.4. The molecule has 0 spiro atoms. The van der Waals surface area contributed by atoms with E-state index >= 15 is 0 Å². The van der Waals surface area contributed by atoms with Crippen molar-refractivity contribution in [3.8, 4) is 11.3 Å². The standard InChI is InChI=1S/C27H29ClN4O4S/c1-27(26(33)34)15-6-16-32(17-27)23-11-5-12-24(30-23)37(35,36)31-22-14-13-21(28)25(29-22)20-10-3-2-9-19(20)18-7-4-8-18/h2-3,5,9-14,18H,4,6-8,15-17H2,1H3,(H,29,31)(H,33,34)/t27-/m1/s1. The summed E-state index contributed by atoms with van der Waals surface area (Å²) < 4.78 is 29.1. The van der Waals surface area contributed by atoms with Crippen LogP contribution in [0.25, 0.3) is 11.3 Å². The fourth-order valence-electron chi connectivity index (χ4n) is 5.01. The van der Waals surface area contributed by atoms with Crippen LogP contribution in [-0.4, -0.2) is 42.6 Å². The van der Waals surface area contributed by atoms with E-state index in [0.717, 1.165) is 18.4 Å². The number of carboxylic acid groups (broad SMARTS) is 1. The van der Waals surface area contributed by atoms with Gasteiger partial charge >= 0.3 is 5.97 Å². The number of pyridine rings is 2. The molecule has 1 aliphatic heterocycles. The van der Waals surface area contributed by atoms with Crippen LogP contribution >= 0.6 is 11.6 Å². The third-order valence-electron chi connectivity index (χ3n) is 7.37. The molecule has 1 saturated heterocycles. The molecule has 0 radical (unpaired) electrons. The van der Waals surface area contributed by atoms with Crippen molar-refractivity contribution in [2.45, 2.75) is 50.0 Å². The Labute approximate surface area is 221 Å². The van der Waals surface area contributed by atoms with Gasteiger partial charge in [0.2, 0.25) is 0 Å². The zero-order chi connectivity index (χ0) is 26.2. The van der Waals surface area contributed by atoms with Crippen LogP contribution in [0, 0.1) is 5.41 Å². The Hall–Kier alpha value is -3.17. The van der Waals surface area contributed by atoms with E-state index in [0.29, 0.717) is 41.8 Å². The van der Waals surface area contributed by atoms with E-state index in [1.54, 1.807) is 25.1 Å². The minimum Gasteiger partial charge on any atom is -0.481 e. The van der Waals surface area contributed by atoms with Crippen LogP contribution in [0.4, 0.5) is 11.6 Å². The molecule has 2 fully saturated rings. The van der Waals surface area contributed by atoms with Crippen molar-refractivity contribution in [2.24, 2.45) is 5.41 Å². The number of anilines is 2. The molecule has 1 atom stereocenters. The maximum atomic E-state index is 13.3. The number of hydrogen-bond donors (Lipinski definition) is 2. The summed E-state index contributed by atoms with van der Waals surface area (Å²) in [6, 6.07) is 15.9. The summed E-state index contributed by atoms with van der Waals surface area (Å²) >= 11 is 6.51. The van der Waals surface area contributed by atoms with Crippen LogP contribution in [0.1, 0.15) is 50.5 Å². The average molecular weight is 541 g/mol. The van der Waals surface area contributed by atoms with E-state index in [-0.39, 0.29) is 17.4 Å². The molecule has 8 nitrogen and oxygen atoms in total. The van der Waals surface area contributed by atoms with Gasteiger partial charge in [-0.1, -0.05) is 48.4 Å². The summed E-state index contributed by atoms with van der Waals surface area (Å²) in [7, 11) is -4.06. The summed E-state index contributed by atoms with van der Waals surface area (Å²) in [4.78, 5) is 22.5. The number of aromatic nitrogens is 2. The zero-order valence-corrected chi connectivity index (χ0v) is 22.1. The Morgan fingerprint density at radius 1 is 1.08 bits per heavy atom. The molecule has 2 aromatic heterocycles. The summed E-state index contributed by atoms with van der Waals surface area (Å²) in [5.41, 5.74) is 1.71. The van der Waals surface area contributed by atoms with E-state index in [2.05, 4.69) is 20.8 Å². The predicted molar refractivity (Wildman–Crippen MR) is 144 cm³/mol. The second-order valence-electron chi connectivity index (χ2n) is 10.1. The zero-order valence-electron chi connectivity index (χ0n) is 20.5. The van der Waals surface area contributed by atoms with Gasteiger partial charge in [-0.2, -0.15) is 8.42 Å². The van der Waals surface area contributed by atoms with Crippen LogP contribution in [0.15, 0.2) is 59.6 Å². The van der Waals surface area contributed by atoms with E-state index in [4.69, 9.17) is 11.6 Å². The van der Waals surface area contributed by atoms with Crippen molar-refractivity contribution in [1.82, 2.24) is 9.97 Å². The molecule has 1 aliphatic carbocycles. The molecular weight excluding hydrogens is 512 g/mol. The number of benzene rings is 1. The highest BCUT2D eigenvalue weighted by Crippen LogP contribution is 2.42. The monoisotopic (exact) mass is 540 g/mol. The van der Waals surface area contributed by atoms with Gasteiger partial charge in [0, 0.05) is 18.7 Å². The largest absolute Gasteiger partial charge is 0.481 e. The molecule has 194 valence electrons. The maximum absolute atomic E-state index is 13.3. The first-order valence-corrected chi connectivity index (χ1v) is 14.3. The lowest BCUT2D eigenvalue weighted by Gasteiger charge is -2.38. The molecule has 10 heteroatoms. The molecule has 0 amide bonds. The highest BCUT2D eigenvalue weighted by molar-refractivity contribution is 7.92. The molecule has 2 aliphatic rings. The molecule has 2 N–H and O–H groups in total. The van der Waals surface area contributed by atoms with Gasteiger partial charge in [-0.15, -0.1) is 0 Å². The van der Waals surface area contributed by atoms with E-state index in [9.17, 15) is 18.3 Å². The number of halogens is 1. The van der Waals surface area contributed by atoms with Crippen LogP contribution in [0.5, 0.6) is 0 Å². The molecule has 3 aromatic rings. The first-order chi connectivity index (χ1) is 17.7. The van der Waals surface area contributed by atoms with E-state index in [1.807, 2.05) is 23.1 Å². The van der Waals surface area contributed by atoms with Gasteiger partial charge in [-0.05, 0) is 68.4 Å². The van der Waals surface area contributed by atoms with Crippen LogP contribution < -0.4 is 9.62 Å². The first kappa shape index (κ1) is 25.5. The van der Waals surface area contributed by atoms with Gasteiger partial charge < -0.3 is 10.0 Å². The Morgan fingerprint density at radius 2 is 1.86 bits per heavy atom. The third kappa shape index (κ3) is 5.15. The Balaban J connectivity index is 1.41. The summed E-state index contributed by atoms with van der Waals surface area (Å²) in [6.45, 7) is 2.57. The average Bonchev–Trinajstić information content (AvgIpc) is 2.84. The number of carboxylic acids is 1. The minimum atomic E-state index is -4.06. The summed E-state index contributed by atoms with van der Waals surface area (Å²) in [6.07, 6.45) is 4.67. The fraction of sp³-hybridized carbons (Fsp3) is 0.370. The van der Waals surface area contributed by atoms with Gasteiger partial charge in [-0.25, -0.2) is 9.97 Å². The predicted octanol–water partition coefficient (Wildman–Crippen LogP) is 5.56. The number of nitrogens with one attached hydrogen (secondary N) is 1. The van der Waals surface area contributed by atoms with E-state index in [1.165, 1.54) is 24.1 Å². The van der Waals surface area contributed by atoms with Crippen molar-refractivity contribution in [1.29, 1.82) is 0 Å². The number of nitrogens with zero attached hydrogens (tertiary/aromatic N) is 3. The molecule has 0 unspecified atom stereocenters. The number of piperidine rings is 1. The fourth-order valence-corrected chi connectivity index (χ4v) is 6.18. The summed E-state index contributed by atoms with van der Waals surface area (Å²) in [5, 5.41) is 9.91. The van der Waals surface area contributed by atoms with Crippen molar-refractivity contribution >= 4 is 39.2 Å². The number of aliphatic carboxylic acids is 1. The summed E-state index contributed by atoms with van der Waals surface area (Å²) in [5.74, 6) is 0.158. The molecular formula is C27H29ClN4O4S. The lowest BCUT2D eigenvalue weighted by atomic mass is 9.78. The Bertz CT molecular complexity index is 1440. The van der Waals surface area contributed by atoms with Crippen LogP contribution in [0.2, 0.25) is 5.02 Å².